The number of anilines is 1. The minimum Gasteiger partial charge on any atom is -0.444 e. The molecule has 0 bridgehead atoms. The quantitative estimate of drug-likeness (QED) is 0.585. The van der Waals surface area contributed by atoms with Crippen LogP contribution in [0.1, 0.15) is 36.8 Å². The van der Waals surface area contributed by atoms with Gasteiger partial charge in [0.2, 0.25) is 0 Å². The van der Waals surface area contributed by atoms with E-state index in [0.29, 0.717) is 38.2 Å². The van der Waals surface area contributed by atoms with Crippen LogP contribution in [-0.4, -0.2) is 52.4 Å². The fourth-order valence-electron chi connectivity index (χ4n) is 4.35. The second-order valence-corrected chi connectivity index (χ2v) is 10.5. The average molecular weight is 469 g/mol. The van der Waals surface area contributed by atoms with Crippen LogP contribution in [-0.2, 0) is 29.1 Å². The molecule has 8 nitrogen and oxygen atoms in total. The van der Waals surface area contributed by atoms with Crippen molar-refractivity contribution in [3.63, 3.8) is 0 Å². The topological polar surface area (TPSA) is 76.9 Å². The number of amides is 1. The third-order valence-electron chi connectivity index (χ3n) is 5.88. The number of nitrogens with zero attached hydrogens (tertiary/aromatic N) is 4. The second kappa shape index (κ2) is 8.46. The van der Waals surface area contributed by atoms with E-state index >= 15 is 0 Å². The van der Waals surface area contributed by atoms with Crippen molar-refractivity contribution in [2.75, 3.05) is 31.2 Å². The first kappa shape index (κ1) is 21.9. The molecule has 0 N–H and O–H groups in total. The molecule has 0 spiro atoms. The molecule has 0 aliphatic carbocycles. The Morgan fingerprint density at radius 1 is 1.18 bits per heavy atom. The van der Waals surface area contributed by atoms with Gasteiger partial charge in [-0.05, 0) is 32.4 Å². The predicted molar refractivity (Wildman–Crippen MR) is 128 cm³/mol. The van der Waals surface area contributed by atoms with Crippen LogP contribution in [0.15, 0.2) is 35.4 Å². The first-order valence-corrected chi connectivity index (χ1v) is 12.0. The first-order valence-electron chi connectivity index (χ1n) is 11.2. The van der Waals surface area contributed by atoms with Crippen molar-refractivity contribution >= 4 is 33.3 Å². The van der Waals surface area contributed by atoms with Gasteiger partial charge >= 0.3 is 6.09 Å². The van der Waals surface area contributed by atoms with E-state index < -0.39 is 5.60 Å². The fourth-order valence-corrected chi connectivity index (χ4v) is 5.51. The van der Waals surface area contributed by atoms with Crippen LogP contribution in [0.25, 0.3) is 10.2 Å². The molecular weight excluding hydrogens is 440 g/mol. The summed E-state index contributed by atoms with van der Waals surface area (Å²) in [6.45, 7) is 9.89. The zero-order valence-electron chi connectivity index (χ0n) is 19.2. The van der Waals surface area contributed by atoms with Crippen LogP contribution < -0.4 is 10.5 Å². The van der Waals surface area contributed by atoms with Gasteiger partial charge in [-0.1, -0.05) is 18.2 Å². The van der Waals surface area contributed by atoms with Crippen molar-refractivity contribution in [1.82, 2.24) is 14.5 Å². The Balaban J connectivity index is 1.44. The number of aromatic nitrogens is 2. The van der Waals surface area contributed by atoms with Crippen molar-refractivity contribution in [3.8, 4) is 0 Å². The molecule has 0 radical (unpaired) electrons. The van der Waals surface area contributed by atoms with Gasteiger partial charge in [-0.2, -0.15) is 0 Å². The number of hydrogen-bond donors (Lipinski definition) is 0. The number of rotatable bonds is 3. The molecule has 9 heteroatoms. The summed E-state index contributed by atoms with van der Waals surface area (Å²) in [5.74, 6) is 0. The zero-order chi connectivity index (χ0) is 23.2. The SMILES string of the molecule is CC(C)(C)OC(=O)N1Cc2sc3ncn(Cc4ccccc4N4CCOCC4)c(=O)c3c2C1. The Kier molecular flexibility index (Phi) is 5.62. The maximum absolute atomic E-state index is 13.5. The highest BCUT2D eigenvalue weighted by Crippen LogP contribution is 2.35. The molecule has 3 aromatic rings. The van der Waals surface area contributed by atoms with Gasteiger partial charge in [-0.15, -0.1) is 11.3 Å². The number of fused-ring (bicyclic) bond motifs is 3. The summed E-state index contributed by atoms with van der Waals surface area (Å²) in [7, 11) is 0. The zero-order valence-corrected chi connectivity index (χ0v) is 20.0. The summed E-state index contributed by atoms with van der Waals surface area (Å²) in [6.07, 6.45) is 1.28. The number of para-hydroxylation sites is 1. The molecule has 2 aliphatic rings. The molecule has 0 atom stereocenters. The molecule has 1 fully saturated rings. The predicted octanol–water partition coefficient (Wildman–Crippen LogP) is 3.59. The fraction of sp³-hybridized carbons (Fsp3) is 0.458. The van der Waals surface area contributed by atoms with Gasteiger partial charge in [-0.25, -0.2) is 9.78 Å². The first-order chi connectivity index (χ1) is 15.8. The third-order valence-corrected chi connectivity index (χ3v) is 7.01. The number of carbonyl (C=O) groups is 1. The number of hydrogen-bond acceptors (Lipinski definition) is 7. The van der Waals surface area contributed by atoms with Gasteiger partial charge in [0.15, 0.2) is 0 Å². The Morgan fingerprint density at radius 2 is 1.94 bits per heavy atom. The number of carbonyl (C=O) groups excluding carboxylic acids is 1. The van der Waals surface area contributed by atoms with E-state index in [9.17, 15) is 9.59 Å². The van der Waals surface area contributed by atoms with E-state index in [4.69, 9.17) is 9.47 Å². The largest absolute Gasteiger partial charge is 0.444 e. The average Bonchev–Trinajstić information content (AvgIpc) is 3.34. The van der Waals surface area contributed by atoms with E-state index in [0.717, 1.165) is 39.6 Å². The molecule has 33 heavy (non-hydrogen) atoms. The van der Waals surface area contributed by atoms with E-state index in [2.05, 4.69) is 22.0 Å². The maximum Gasteiger partial charge on any atom is 0.410 e. The molecule has 1 saturated heterocycles. The highest BCUT2D eigenvalue weighted by molar-refractivity contribution is 7.18. The number of morpholine rings is 1. The molecule has 0 unspecified atom stereocenters. The van der Waals surface area contributed by atoms with Gasteiger partial charge in [0, 0.05) is 29.2 Å². The summed E-state index contributed by atoms with van der Waals surface area (Å²) >= 11 is 1.48. The molecule has 4 heterocycles. The molecular formula is C24H28N4O4S. The van der Waals surface area contributed by atoms with Crippen LogP contribution in [0.3, 0.4) is 0 Å². The van der Waals surface area contributed by atoms with Gasteiger partial charge in [0.05, 0.1) is 44.6 Å². The Hall–Kier alpha value is -2.91. The van der Waals surface area contributed by atoms with E-state index in [1.807, 2.05) is 32.9 Å². The van der Waals surface area contributed by atoms with Crippen LogP contribution >= 0.6 is 11.3 Å². The molecule has 5 rings (SSSR count). The van der Waals surface area contributed by atoms with Crippen molar-refractivity contribution < 1.29 is 14.3 Å². The summed E-state index contributed by atoms with van der Waals surface area (Å²) in [5, 5.41) is 0.618. The molecule has 2 aliphatic heterocycles. The molecule has 1 amide bonds. The van der Waals surface area contributed by atoms with Gasteiger partial charge in [0.1, 0.15) is 10.4 Å². The normalized spacial score (nSPS) is 16.3. The lowest BCUT2D eigenvalue weighted by Crippen LogP contribution is -2.37. The van der Waals surface area contributed by atoms with Crippen molar-refractivity contribution in [1.29, 1.82) is 0 Å². The van der Waals surface area contributed by atoms with E-state index in [1.165, 1.54) is 11.3 Å². The van der Waals surface area contributed by atoms with Crippen molar-refractivity contribution in [2.24, 2.45) is 0 Å². The van der Waals surface area contributed by atoms with Crippen LogP contribution in [0, 0.1) is 0 Å². The highest BCUT2D eigenvalue weighted by Gasteiger charge is 2.32. The van der Waals surface area contributed by atoms with Gasteiger partial charge in [0.25, 0.3) is 5.56 Å². The van der Waals surface area contributed by atoms with Crippen molar-refractivity contribution in [3.05, 3.63) is 57.0 Å². The van der Waals surface area contributed by atoms with Crippen LogP contribution in [0.4, 0.5) is 10.5 Å². The Labute approximate surface area is 196 Å². The smallest absolute Gasteiger partial charge is 0.410 e. The van der Waals surface area contributed by atoms with E-state index in [-0.39, 0.29) is 11.7 Å². The monoisotopic (exact) mass is 468 g/mol. The van der Waals surface area contributed by atoms with Crippen molar-refractivity contribution in [2.45, 2.75) is 46.0 Å². The lowest BCUT2D eigenvalue weighted by Gasteiger charge is -2.30. The highest BCUT2D eigenvalue weighted by atomic mass is 32.1. The summed E-state index contributed by atoms with van der Waals surface area (Å²) in [5.41, 5.74) is 2.47. The van der Waals surface area contributed by atoms with Gasteiger partial charge in [-0.3, -0.25) is 14.3 Å². The summed E-state index contributed by atoms with van der Waals surface area (Å²) in [4.78, 5) is 36.3. The van der Waals surface area contributed by atoms with Gasteiger partial charge < -0.3 is 14.4 Å². The maximum atomic E-state index is 13.5. The molecule has 174 valence electrons. The molecule has 1 aromatic carbocycles. The summed E-state index contributed by atoms with van der Waals surface area (Å²) < 4.78 is 12.7. The van der Waals surface area contributed by atoms with E-state index in [1.54, 1.807) is 15.8 Å². The lowest BCUT2D eigenvalue weighted by molar-refractivity contribution is 0.0243. The van der Waals surface area contributed by atoms with Crippen LogP contribution in [0.2, 0.25) is 0 Å². The number of benzene rings is 1. The Bertz CT molecular complexity index is 1250. The second-order valence-electron chi connectivity index (χ2n) is 9.43. The summed E-state index contributed by atoms with van der Waals surface area (Å²) in [6, 6.07) is 8.18. The standard InChI is InChI=1S/C24H28N4O4S/c1-24(2,3)32-23(30)27-13-17-19(14-27)33-21-20(17)22(29)28(15-25-21)12-16-6-4-5-7-18(16)26-8-10-31-11-9-26/h4-7,15H,8-14H2,1-3H3. The van der Waals surface area contributed by atoms with Crippen LogP contribution in [0.5, 0.6) is 0 Å². The minimum atomic E-state index is -0.558. The number of ether oxygens (including phenoxy) is 2. The third kappa shape index (κ3) is 4.35. The molecule has 0 saturated carbocycles. The Morgan fingerprint density at radius 3 is 2.70 bits per heavy atom. The number of thiophene rings is 1. The minimum absolute atomic E-state index is 0.0691. The molecule has 2 aromatic heterocycles. The lowest BCUT2D eigenvalue weighted by atomic mass is 10.1.